The molecule has 1 aliphatic heterocycles. The molecule has 0 aliphatic carbocycles. The van der Waals surface area contributed by atoms with Gasteiger partial charge in [0, 0.05) is 36.3 Å². The molecule has 0 aromatic heterocycles. The highest BCUT2D eigenvalue weighted by molar-refractivity contribution is 8.00. The van der Waals surface area contributed by atoms with E-state index in [1.165, 1.54) is 6.07 Å². The molecule has 0 saturated carbocycles. The molecule has 88 valence electrons. The highest BCUT2D eigenvalue weighted by atomic mass is 35.5. The van der Waals surface area contributed by atoms with E-state index in [-0.39, 0.29) is 10.8 Å². The van der Waals surface area contributed by atoms with E-state index in [4.69, 9.17) is 17.3 Å². The van der Waals surface area contributed by atoms with Gasteiger partial charge < -0.3 is 10.6 Å². The van der Waals surface area contributed by atoms with Crippen molar-refractivity contribution in [2.75, 3.05) is 30.3 Å². The molecule has 2 rings (SSSR count). The minimum Gasteiger partial charge on any atom is -0.370 e. The van der Waals surface area contributed by atoms with Gasteiger partial charge in [-0.25, -0.2) is 4.39 Å². The van der Waals surface area contributed by atoms with E-state index in [0.717, 1.165) is 24.5 Å². The van der Waals surface area contributed by atoms with Crippen LogP contribution in [0.2, 0.25) is 5.02 Å². The summed E-state index contributed by atoms with van der Waals surface area (Å²) in [6.45, 7) is 2.54. The molecule has 1 unspecified atom stereocenters. The Morgan fingerprint density at radius 1 is 1.56 bits per heavy atom. The molecule has 1 aromatic carbocycles. The first kappa shape index (κ1) is 12.0. The fraction of sp³-hybridized carbons (Fsp3) is 0.455. The van der Waals surface area contributed by atoms with Crippen LogP contribution < -0.4 is 10.6 Å². The van der Waals surface area contributed by atoms with Crippen LogP contribution in [-0.4, -0.2) is 30.6 Å². The van der Waals surface area contributed by atoms with Crippen molar-refractivity contribution >= 4 is 29.1 Å². The Labute approximate surface area is 104 Å². The number of nitrogens with two attached hydrogens (primary N) is 1. The van der Waals surface area contributed by atoms with Gasteiger partial charge in [0.1, 0.15) is 5.82 Å². The standard InChI is InChI=1S/C11H14ClFN2S/c12-10-5-8(1-2-11(10)13)15-3-4-16-9(6-14)7-15/h1-2,5,9H,3-4,6-7,14H2. The van der Waals surface area contributed by atoms with Gasteiger partial charge >= 0.3 is 0 Å². The summed E-state index contributed by atoms with van der Waals surface area (Å²) < 4.78 is 13.0. The Bertz CT molecular complexity index is 375. The highest BCUT2D eigenvalue weighted by Crippen LogP contribution is 2.26. The molecular weight excluding hydrogens is 247 g/mol. The minimum atomic E-state index is -0.368. The normalized spacial score (nSPS) is 21.2. The Balaban J connectivity index is 2.13. The highest BCUT2D eigenvalue weighted by Gasteiger charge is 2.19. The molecule has 0 bridgehead atoms. The van der Waals surface area contributed by atoms with Crippen molar-refractivity contribution in [2.45, 2.75) is 5.25 Å². The average molecular weight is 261 g/mol. The summed E-state index contributed by atoms with van der Waals surface area (Å²) in [6, 6.07) is 4.86. The number of anilines is 1. The van der Waals surface area contributed by atoms with Crippen molar-refractivity contribution in [1.82, 2.24) is 0 Å². The largest absolute Gasteiger partial charge is 0.370 e. The van der Waals surface area contributed by atoms with Crippen LogP contribution in [0, 0.1) is 5.82 Å². The SMILES string of the molecule is NCC1CN(c2ccc(F)c(Cl)c2)CCS1. The fourth-order valence-electron chi connectivity index (χ4n) is 1.78. The maximum atomic E-state index is 13.0. The fourth-order valence-corrected chi connectivity index (χ4v) is 3.03. The molecule has 2 nitrogen and oxygen atoms in total. The van der Waals surface area contributed by atoms with Gasteiger partial charge in [0.15, 0.2) is 0 Å². The quantitative estimate of drug-likeness (QED) is 0.885. The van der Waals surface area contributed by atoms with Crippen LogP contribution in [0.15, 0.2) is 18.2 Å². The zero-order chi connectivity index (χ0) is 11.5. The van der Waals surface area contributed by atoms with Crippen LogP contribution >= 0.6 is 23.4 Å². The van der Waals surface area contributed by atoms with E-state index < -0.39 is 0 Å². The number of nitrogens with zero attached hydrogens (tertiary/aromatic N) is 1. The van der Waals surface area contributed by atoms with Gasteiger partial charge in [-0.3, -0.25) is 0 Å². The number of thioether (sulfide) groups is 1. The Morgan fingerprint density at radius 2 is 2.38 bits per heavy atom. The predicted octanol–water partition coefficient (Wildman–Crippen LogP) is 2.36. The molecule has 5 heteroatoms. The van der Waals surface area contributed by atoms with Crippen LogP contribution in [0.1, 0.15) is 0 Å². The van der Waals surface area contributed by atoms with Crippen molar-refractivity contribution in [1.29, 1.82) is 0 Å². The van der Waals surface area contributed by atoms with E-state index in [2.05, 4.69) is 4.90 Å². The second-order valence-electron chi connectivity index (χ2n) is 3.77. The third kappa shape index (κ3) is 2.62. The van der Waals surface area contributed by atoms with Gasteiger partial charge in [-0.2, -0.15) is 11.8 Å². The Hall–Kier alpha value is -0.450. The second kappa shape index (κ2) is 5.25. The first-order valence-electron chi connectivity index (χ1n) is 5.22. The summed E-state index contributed by atoms with van der Waals surface area (Å²) in [5.41, 5.74) is 6.64. The van der Waals surface area contributed by atoms with Gasteiger partial charge in [-0.1, -0.05) is 11.6 Å². The van der Waals surface area contributed by atoms with Crippen molar-refractivity contribution in [3.8, 4) is 0 Å². The summed E-state index contributed by atoms with van der Waals surface area (Å²) in [5, 5.41) is 0.637. The number of rotatable bonds is 2. The van der Waals surface area contributed by atoms with Gasteiger partial charge in [-0.15, -0.1) is 0 Å². The van der Waals surface area contributed by atoms with E-state index >= 15 is 0 Å². The molecule has 1 atom stereocenters. The lowest BCUT2D eigenvalue weighted by Crippen LogP contribution is -2.41. The molecule has 0 spiro atoms. The molecular formula is C11H14ClFN2S. The van der Waals surface area contributed by atoms with E-state index in [0.29, 0.717) is 11.8 Å². The summed E-state index contributed by atoms with van der Waals surface area (Å²) in [5.74, 6) is 0.684. The second-order valence-corrected chi connectivity index (χ2v) is 5.59. The first-order chi connectivity index (χ1) is 7.70. The molecule has 1 fully saturated rings. The maximum absolute atomic E-state index is 13.0. The van der Waals surface area contributed by atoms with E-state index in [9.17, 15) is 4.39 Å². The molecule has 1 heterocycles. The van der Waals surface area contributed by atoms with Crippen molar-refractivity contribution in [2.24, 2.45) is 5.73 Å². The van der Waals surface area contributed by atoms with Crippen LogP contribution in [0.25, 0.3) is 0 Å². The lowest BCUT2D eigenvalue weighted by Gasteiger charge is -2.33. The zero-order valence-electron chi connectivity index (χ0n) is 8.83. The van der Waals surface area contributed by atoms with E-state index in [1.807, 2.05) is 11.8 Å². The molecule has 0 radical (unpaired) electrons. The summed E-state index contributed by atoms with van der Waals surface area (Å²) in [7, 11) is 0. The molecule has 1 aromatic rings. The Morgan fingerprint density at radius 3 is 3.06 bits per heavy atom. The summed E-state index contributed by atoms with van der Waals surface area (Å²) in [4.78, 5) is 2.21. The number of benzene rings is 1. The van der Waals surface area contributed by atoms with Gasteiger partial charge in [0.2, 0.25) is 0 Å². The van der Waals surface area contributed by atoms with Crippen LogP contribution in [0.4, 0.5) is 10.1 Å². The molecule has 1 aliphatic rings. The summed E-state index contributed by atoms with van der Waals surface area (Å²) >= 11 is 7.67. The molecule has 2 N–H and O–H groups in total. The lowest BCUT2D eigenvalue weighted by molar-refractivity contribution is 0.627. The van der Waals surface area contributed by atoms with Crippen LogP contribution in [0.5, 0.6) is 0 Å². The smallest absolute Gasteiger partial charge is 0.141 e. The van der Waals surface area contributed by atoms with E-state index in [1.54, 1.807) is 12.1 Å². The predicted molar refractivity (Wildman–Crippen MR) is 68.9 cm³/mol. The van der Waals surface area contributed by atoms with Crippen molar-refractivity contribution in [3.05, 3.63) is 29.0 Å². The first-order valence-corrected chi connectivity index (χ1v) is 6.65. The molecule has 0 amide bonds. The van der Waals surface area contributed by atoms with Crippen LogP contribution in [0.3, 0.4) is 0 Å². The number of hydrogen-bond donors (Lipinski definition) is 1. The van der Waals surface area contributed by atoms with Gasteiger partial charge in [0.05, 0.1) is 5.02 Å². The topological polar surface area (TPSA) is 29.3 Å². The zero-order valence-corrected chi connectivity index (χ0v) is 10.4. The third-order valence-corrected chi connectivity index (χ3v) is 4.19. The van der Waals surface area contributed by atoms with Gasteiger partial charge in [0.25, 0.3) is 0 Å². The number of halogens is 2. The molecule has 1 saturated heterocycles. The Kier molecular flexibility index (Phi) is 3.95. The van der Waals surface area contributed by atoms with Crippen molar-refractivity contribution in [3.63, 3.8) is 0 Å². The van der Waals surface area contributed by atoms with Gasteiger partial charge in [-0.05, 0) is 18.2 Å². The third-order valence-electron chi connectivity index (χ3n) is 2.67. The minimum absolute atomic E-state index is 0.181. The average Bonchev–Trinajstić information content (AvgIpc) is 2.33. The van der Waals surface area contributed by atoms with Crippen LogP contribution in [-0.2, 0) is 0 Å². The monoisotopic (exact) mass is 260 g/mol. The number of hydrogen-bond acceptors (Lipinski definition) is 3. The maximum Gasteiger partial charge on any atom is 0.141 e. The van der Waals surface area contributed by atoms with Crippen molar-refractivity contribution < 1.29 is 4.39 Å². The lowest BCUT2D eigenvalue weighted by atomic mass is 10.2. The summed E-state index contributed by atoms with van der Waals surface area (Å²) in [6.07, 6.45) is 0. The molecule has 16 heavy (non-hydrogen) atoms.